The molecule has 0 saturated heterocycles. The fourth-order valence-electron chi connectivity index (χ4n) is 2.15. The van der Waals surface area contributed by atoms with E-state index in [1.807, 2.05) is 0 Å². The molecule has 0 unspecified atom stereocenters. The van der Waals surface area contributed by atoms with Gasteiger partial charge in [-0.3, -0.25) is 0 Å². The van der Waals surface area contributed by atoms with Gasteiger partial charge in [0.25, 0.3) is 0 Å². The molecule has 1 heterocycles. The van der Waals surface area contributed by atoms with Gasteiger partial charge in [0.2, 0.25) is 0 Å². The third kappa shape index (κ3) is 2.44. The summed E-state index contributed by atoms with van der Waals surface area (Å²) in [5.74, 6) is 0.0994. The molecule has 7 heteroatoms. The molecule has 0 bridgehead atoms. The molecule has 0 radical (unpaired) electrons. The van der Waals surface area contributed by atoms with Gasteiger partial charge in [0.15, 0.2) is 11.1 Å². The van der Waals surface area contributed by atoms with E-state index in [2.05, 4.69) is 10.3 Å². The average molecular weight is 302 g/mol. The molecule has 2 N–H and O–H groups in total. The summed E-state index contributed by atoms with van der Waals surface area (Å²) < 4.78 is 23.7. The van der Waals surface area contributed by atoms with Gasteiger partial charge in [-0.05, 0) is 29.8 Å². The molecule has 1 aromatic heterocycles. The van der Waals surface area contributed by atoms with Crippen molar-refractivity contribution in [3.63, 3.8) is 0 Å². The number of aromatic nitrogens is 1. The molecule has 6 nitrogen and oxygen atoms in total. The maximum absolute atomic E-state index is 13.1. The molecule has 0 spiro atoms. The van der Waals surface area contributed by atoms with Crippen molar-refractivity contribution in [2.75, 3.05) is 12.4 Å². The summed E-state index contributed by atoms with van der Waals surface area (Å²) in [6.07, 6.45) is -1.28. The van der Waals surface area contributed by atoms with Crippen molar-refractivity contribution in [1.82, 2.24) is 4.98 Å². The Morgan fingerprint density at radius 1 is 1.27 bits per heavy atom. The normalized spacial score (nSPS) is 10.6. The Bertz CT molecular complexity index is 843. The zero-order valence-corrected chi connectivity index (χ0v) is 11.5. The van der Waals surface area contributed by atoms with E-state index < -0.39 is 6.09 Å². The van der Waals surface area contributed by atoms with Crippen molar-refractivity contribution in [2.24, 2.45) is 0 Å². The van der Waals surface area contributed by atoms with Gasteiger partial charge < -0.3 is 14.3 Å². The van der Waals surface area contributed by atoms with Crippen LogP contribution < -0.4 is 10.1 Å². The molecule has 112 valence electrons. The summed E-state index contributed by atoms with van der Waals surface area (Å²) in [5.41, 5.74) is 2.11. The number of carboxylic acid groups (broad SMARTS) is 1. The summed E-state index contributed by atoms with van der Waals surface area (Å²) in [6.45, 7) is 0. The van der Waals surface area contributed by atoms with Crippen LogP contribution in [0, 0.1) is 5.82 Å². The monoisotopic (exact) mass is 302 g/mol. The van der Waals surface area contributed by atoms with Gasteiger partial charge in [0.05, 0.1) is 7.11 Å². The largest absolute Gasteiger partial charge is 0.494 e. The number of halogens is 1. The van der Waals surface area contributed by atoms with Crippen LogP contribution in [0.1, 0.15) is 0 Å². The number of carbonyl (C=O) groups is 1. The van der Waals surface area contributed by atoms with Crippen molar-refractivity contribution < 1.29 is 23.4 Å². The van der Waals surface area contributed by atoms with Gasteiger partial charge in [-0.15, -0.1) is 0 Å². The fraction of sp³-hybridized carbons (Fsp3) is 0.0667. The molecule has 3 aromatic rings. The van der Waals surface area contributed by atoms with Crippen LogP contribution in [0.4, 0.5) is 15.2 Å². The van der Waals surface area contributed by atoms with Gasteiger partial charge in [0.1, 0.15) is 11.6 Å². The molecule has 0 fully saturated rings. The standard InChI is InChI=1S/C15H11FN2O4/c1-21-11-7-6-10(8-2-4-9(16)5-3-8)13-12(11)17-14(22-13)18-15(19)20/h2-7H,1H3,(H,17,18)(H,19,20). The molecular weight excluding hydrogens is 291 g/mol. The van der Waals surface area contributed by atoms with E-state index in [0.29, 0.717) is 28.0 Å². The van der Waals surface area contributed by atoms with Crippen LogP contribution in [0.15, 0.2) is 40.8 Å². The highest BCUT2D eigenvalue weighted by Gasteiger charge is 2.17. The Hall–Kier alpha value is -3.09. The Labute approximate surface area is 124 Å². The Balaban J connectivity index is 2.20. The molecule has 0 atom stereocenters. The van der Waals surface area contributed by atoms with Gasteiger partial charge >= 0.3 is 12.1 Å². The first-order chi connectivity index (χ1) is 10.6. The van der Waals surface area contributed by atoms with Crippen molar-refractivity contribution in [1.29, 1.82) is 0 Å². The number of rotatable bonds is 3. The zero-order valence-electron chi connectivity index (χ0n) is 11.5. The SMILES string of the molecule is COc1ccc(-c2ccc(F)cc2)c2oc(NC(=O)O)nc12. The number of benzene rings is 2. The number of hydrogen-bond acceptors (Lipinski definition) is 4. The van der Waals surface area contributed by atoms with E-state index in [4.69, 9.17) is 14.3 Å². The number of methoxy groups -OCH3 is 1. The second kappa shape index (κ2) is 5.36. The van der Waals surface area contributed by atoms with E-state index in [-0.39, 0.29) is 11.8 Å². The lowest BCUT2D eigenvalue weighted by Crippen LogP contribution is -2.06. The summed E-state index contributed by atoms with van der Waals surface area (Å²) in [7, 11) is 1.48. The highest BCUT2D eigenvalue weighted by Crippen LogP contribution is 2.36. The minimum Gasteiger partial charge on any atom is -0.494 e. The van der Waals surface area contributed by atoms with Gasteiger partial charge in [-0.25, -0.2) is 14.5 Å². The van der Waals surface area contributed by atoms with E-state index in [1.165, 1.54) is 19.2 Å². The fourth-order valence-corrected chi connectivity index (χ4v) is 2.15. The molecule has 3 rings (SSSR count). The molecule has 0 aliphatic heterocycles. The maximum Gasteiger partial charge on any atom is 0.412 e. The lowest BCUT2D eigenvalue weighted by atomic mass is 10.0. The number of fused-ring (bicyclic) bond motifs is 1. The summed E-state index contributed by atoms with van der Waals surface area (Å²) in [4.78, 5) is 14.8. The number of anilines is 1. The third-order valence-electron chi connectivity index (χ3n) is 3.10. The average Bonchev–Trinajstić information content (AvgIpc) is 2.89. The second-order valence-electron chi connectivity index (χ2n) is 4.45. The van der Waals surface area contributed by atoms with Crippen molar-refractivity contribution in [2.45, 2.75) is 0 Å². The van der Waals surface area contributed by atoms with Gasteiger partial charge in [-0.2, -0.15) is 4.98 Å². The smallest absolute Gasteiger partial charge is 0.412 e. The molecule has 0 aliphatic rings. The number of nitrogens with zero attached hydrogens (tertiary/aromatic N) is 1. The minimum atomic E-state index is -1.28. The van der Waals surface area contributed by atoms with E-state index >= 15 is 0 Å². The number of amides is 1. The van der Waals surface area contributed by atoms with Crippen LogP contribution in [0.25, 0.3) is 22.2 Å². The Morgan fingerprint density at radius 2 is 2.00 bits per heavy atom. The number of hydrogen-bond donors (Lipinski definition) is 2. The Morgan fingerprint density at radius 3 is 2.64 bits per heavy atom. The van der Waals surface area contributed by atoms with Crippen LogP contribution >= 0.6 is 0 Å². The first kappa shape index (κ1) is 13.9. The van der Waals surface area contributed by atoms with Gasteiger partial charge in [-0.1, -0.05) is 12.1 Å². The number of nitrogens with one attached hydrogen (secondary N) is 1. The first-order valence-corrected chi connectivity index (χ1v) is 6.32. The van der Waals surface area contributed by atoms with Gasteiger partial charge in [0, 0.05) is 5.56 Å². The summed E-state index contributed by atoms with van der Waals surface area (Å²) in [5, 5.41) is 10.8. The van der Waals surface area contributed by atoms with E-state index in [9.17, 15) is 9.18 Å². The quantitative estimate of drug-likeness (QED) is 0.770. The second-order valence-corrected chi connectivity index (χ2v) is 4.45. The van der Waals surface area contributed by atoms with Crippen LogP contribution in [0.3, 0.4) is 0 Å². The summed E-state index contributed by atoms with van der Waals surface area (Å²) >= 11 is 0. The van der Waals surface area contributed by atoms with Crippen LogP contribution in [-0.4, -0.2) is 23.3 Å². The minimum absolute atomic E-state index is 0.157. The van der Waals surface area contributed by atoms with E-state index in [1.54, 1.807) is 24.3 Å². The highest BCUT2D eigenvalue weighted by molar-refractivity contribution is 5.95. The topological polar surface area (TPSA) is 84.6 Å². The third-order valence-corrected chi connectivity index (χ3v) is 3.10. The predicted molar refractivity (Wildman–Crippen MR) is 77.6 cm³/mol. The lowest BCUT2D eigenvalue weighted by molar-refractivity contribution is 0.209. The molecule has 0 aliphatic carbocycles. The van der Waals surface area contributed by atoms with E-state index in [0.717, 1.165) is 0 Å². The maximum atomic E-state index is 13.1. The predicted octanol–water partition coefficient (Wildman–Crippen LogP) is 3.73. The zero-order chi connectivity index (χ0) is 15.7. The van der Waals surface area contributed by atoms with Crippen molar-refractivity contribution in [3.8, 4) is 16.9 Å². The molecular formula is C15H11FN2O4. The first-order valence-electron chi connectivity index (χ1n) is 6.32. The Kier molecular flexibility index (Phi) is 3.38. The van der Waals surface area contributed by atoms with Crippen molar-refractivity contribution >= 4 is 23.2 Å². The molecule has 0 saturated carbocycles. The van der Waals surface area contributed by atoms with Crippen LogP contribution in [0.2, 0.25) is 0 Å². The molecule has 1 amide bonds. The molecule has 2 aromatic carbocycles. The highest BCUT2D eigenvalue weighted by atomic mass is 19.1. The van der Waals surface area contributed by atoms with Crippen molar-refractivity contribution in [3.05, 3.63) is 42.2 Å². The number of oxazole rings is 1. The van der Waals surface area contributed by atoms with Crippen LogP contribution in [-0.2, 0) is 0 Å². The summed E-state index contributed by atoms with van der Waals surface area (Å²) in [6, 6.07) is 9.14. The molecule has 22 heavy (non-hydrogen) atoms. The van der Waals surface area contributed by atoms with Crippen LogP contribution in [0.5, 0.6) is 5.75 Å². The number of ether oxygens (including phenoxy) is 1. The lowest BCUT2D eigenvalue weighted by Gasteiger charge is -2.05.